The van der Waals surface area contributed by atoms with Gasteiger partial charge in [-0.15, -0.1) is 0 Å². The molecule has 11 heteroatoms. The molecule has 4 N–H and O–H groups in total. The average molecular weight is 389 g/mol. The van der Waals surface area contributed by atoms with Gasteiger partial charge in [0.1, 0.15) is 36.4 Å². The fourth-order valence-corrected chi connectivity index (χ4v) is 3.45. The maximum absolute atomic E-state index is 10.7. The SMILES string of the molecule is CCCC(O[C@@H]1[C@H](O)[C@@H](CO)O[C@H]1n1cnc2c(N)ncnc21)n1ccnc1. The minimum absolute atomic E-state index is 0.251. The zero-order valence-electron chi connectivity index (χ0n) is 15.4. The lowest BCUT2D eigenvalue weighted by atomic mass is 10.1. The highest BCUT2D eigenvalue weighted by molar-refractivity contribution is 5.81. The van der Waals surface area contributed by atoms with Gasteiger partial charge in [-0.25, -0.2) is 19.9 Å². The first-order chi connectivity index (χ1) is 13.6. The number of fused-ring (bicyclic) bond motifs is 1. The highest BCUT2D eigenvalue weighted by Gasteiger charge is 2.47. The second-order valence-electron chi connectivity index (χ2n) is 6.68. The Labute approximate surface area is 160 Å². The van der Waals surface area contributed by atoms with Crippen LogP contribution in [0.15, 0.2) is 31.4 Å². The highest BCUT2D eigenvalue weighted by atomic mass is 16.6. The molecule has 0 spiro atoms. The standard InChI is InChI=1S/C17H23N7O4/c1-2-3-11(23-5-4-19-8-23)28-14-13(26)10(6-25)27-17(14)24-9-22-12-15(18)20-7-21-16(12)24/h4-5,7-11,13-14,17,25-26H,2-3,6H2,1H3,(H2,18,20,21)/t10-,11?,13-,14-,17-/m1/s1. The van der Waals surface area contributed by atoms with E-state index in [0.717, 1.165) is 12.8 Å². The first kappa shape index (κ1) is 18.7. The van der Waals surface area contributed by atoms with Crippen molar-refractivity contribution in [2.45, 2.75) is 50.5 Å². The minimum Gasteiger partial charge on any atom is -0.394 e. The Hall–Kier alpha value is -2.60. The maximum Gasteiger partial charge on any atom is 0.167 e. The molecular formula is C17H23N7O4. The molecule has 11 nitrogen and oxygen atoms in total. The van der Waals surface area contributed by atoms with Crippen molar-refractivity contribution in [2.75, 3.05) is 12.3 Å². The molecule has 3 aromatic rings. The summed E-state index contributed by atoms with van der Waals surface area (Å²) in [4.78, 5) is 16.5. The normalized spacial score (nSPS) is 26.1. The smallest absolute Gasteiger partial charge is 0.167 e. The van der Waals surface area contributed by atoms with Crippen molar-refractivity contribution in [3.05, 3.63) is 31.4 Å². The third kappa shape index (κ3) is 3.22. The summed E-state index contributed by atoms with van der Waals surface area (Å²) >= 11 is 0. The lowest BCUT2D eigenvalue weighted by molar-refractivity contribution is -0.127. The Kier molecular flexibility index (Phi) is 5.22. The Morgan fingerprint density at radius 2 is 2.18 bits per heavy atom. The molecule has 4 heterocycles. The molecule has 0 radical (unpaired) electrons. The van der Waals surface area contributed by atoms with Gasteiger partial charge in [0.2, 0.25) is 0 Å². The van der Waals surface area contributed by atoms with E-state index >= 15 is 0 Å². The van der Waals surface area contributed by atoms with Crippen LogP contribution in [0.4, 0.5) is 5.82 Å². The number of aliphatic hydroxyl groups is 2. The predicted octanol–water partition coefficient (Wildman–Crippen LogP) is 0.240. The van der Waals surface area contributed by atoms with E-state index in [1.807, 2.05) is 17.7 Å². The molecule has 1 saturated heterocycles. The molecule has 1 aliphatic rings. The van der Waals surface area contributed by atoms with Crippen LogP contribution in [0.5, 0.6) is 0 Å². The number of hydrogen-bond acceptors (Lipinski definition) is 9. The molecule has 0 aromatic carbocycles. The Balaban J connectivity index is 1.69. The third-order valence-corrected chi connectivity index (χ3v) is 4.86. The van der Waals surface area contributed by atoms with Crippen molar-refractivity contribution in [3.63, 3.8) is 0 Å². The predicted molar refractivity (Wildman–Crippen MR) is 97.8 cm³/mol. The van der Waals surface area contributed by atoms with Crippen LogP contribution in [-0.2, 0) is 9.47 Å². The van der Waals surface area contributed by atoms with Crippen LogP contribution >= 0.6 is 0 Å². The quantitative estimate of drug-likeness (QED) is 0.517. The largest absolute Gasteiger partial charge is 0.394 e. The Morgan fingerprint density at radius 3 is 2.89 bits per heavy atom. The first-order valence-electron chi connectivity index (χ1n) is 9.14. The number of rotatable bonds is 7. The number of hydrogen-bond donors (Lipinski definition) is 3. The van der Waals surface area contributed by atoms with Crippen molar-refractivity contribution in [3.8, 4) is 0 Å². The molecule has 0 amide bonds. The van der Waals surface area contributed by atoms with Gasteiger partial charge in [-0.3, -0.25) is 4.57 Å². The summed E-state index contributed by atoms with van der Waals surface area (Å²) in [7, 11) is 0. The van der Waals surface area contributed by atoms with E-state index in [4.69, 9.17) is 15.2 Å². The Bertz CT molecular complexity index is 916. The van der Waals surface area contributed by atoms with Crippen LogP contribution in [0.1, 0.15) is 32.2 Å². The van der Waals surface area contributed by atoms with Gasteiger partial charge in [-0.1, -0.05) is 13.3 Å². The summed E-state index contributed by atoms with van der Waals surface area (Å²) < 4.78 is 15.7. The molecular weight excluding hydrogens is 366 g/mol. The van der Waals surface area contributed by atoms with Crippen molar-refractivity contribution in [1.82, 2.24) is 29.1 Å². The average Bonchev–Trinajstić information content (AvgIpc) is 3.42. The number of ether oxygens (including phenoxy) is 2. The maximum atomic E-state index is 10.7. The second-order valence-corrected chi connectivity index (χ2v) is 6.68. The second kappa shape index (κ2) is 7.80. The molecule has 0 aliphatic carbocycles. The topological polar surface area (TPSA) is 146 Å². The molecule has 4 rings (SSSR count). The van der Waals surface area contributed by atoms with Crippen LogP contribution in [0.3, 0.4) is 0 Å². The van der Waals surface area contributed by atoms with E-state index in [-0.39, 0.29) is 18.7 Å². The number of aliphatic hydroxyl groups excluding tert-OH is 2. The van der Waals surface area contributed by atoms with Gasteiger partial charge in [0, 0.05) is 12.4 Å². The monoisotopic (exact) mass is 389 g/mol. The summed E-state index contributed by atoms with van der Waals surface area (Å²) in [5.74, 6) is 0.251. The number of aromatic nitrogens is 6. The summed E-state index contributed by atoms with van der Waals surface area (Å²) in [5, 5.41) is 20.4. The summed E-state index contributed by atoms with van der Waals surface area (Å²) in [5.41, 5.74) is 6.77. The van der Waals surface area contributed by atoms with E-state index in [2.05, 4.69) is 19.9 Å². The fourth-order valence-electron chi connectivity index (χ4n) is 3.45. The number of nitrogens with zero attached hydrogens (tertiary/aromatic N) is 6. The number of nitrogens with two attached hydrogens (primary N) is 1. The van der Waals surface area contributed by atoms with Crippen LogP contribution in [0.25, 0.3) is 11.2 Å². The lowest BCUT2D eigenvalue weighted by Crippen LogP contribution is -2.37. The summed E-state index contributed by atoms with van der Waals surface area (Å²) in [6.45, 7) is 1.71. The van der Waals surface area contributed by atoms with Crippen LogP contribution in [-0.4, -0.2) is 64.2 Å². The van der Waals surface area contributed by atoms with E-state index < -0.39 is 24.5 Å². The Morgan fingerprint density at radius 1 is 1.32 bits per heavy atom. The zero-order chi connectivity index (χ0) is 19.7. The number of anilines is 1. The lowest BCUT2D eigenvalue weighted by Gasteiger charge is -2.28. The van der Waals surface area contributed by atoms with Gasteiger partial charge in [0.15, 0.2) is 17.7 Å². The first-order valence-corrected chi connectivity index (χ1v) is 9.14. The van der Waals surface area contributed by atoms with Crippen LogP contribution < -0.4 is 5.73 Å². The van der Waals surface area contributed by atoms with E-state index in [1.165, 1.54) is 12.7 Å². The van der Waals surface area contributed by atoms with E-state index in [9.17, 15) is 10.2 Å². The number of nitrogen functional groups attached to an aromatic ring is 1. The summed E-state index contributed by atoms with van der Waals surface area (Å²) in [6.07, 6.45) is 5.93. The molecule has 0 bridgehead atoms. The van der Waals surface area contributed by atoms with Gasteiger partial charge in [0.25, 0.3) is 0 Å². The van der Waals surface area contributed by atoms with E-state index in [0.29, 0.717) is 11.2 Å². The van der Waals surface area contributed by atoms with Crippen molar-refractivity contribution < 1.29 is 19.7 Å². The molecule has 1 unspecified atom stereocenters. The molecule has 0 saturated carbocycles. The molecule has 5 atom stereocenters. The fraction of sp³-hybridized carbons (Fsp3) is 0.529. The molecule has 3 aromatic heterocycles. The highest BCUT2D eigenvalue weighted by Crippen LogP contribution is 2.36. The van der Waals surface area contributed by atoms with E-state index in [1.54, 1.807) is 17.1 Å². The van der Waals surface area contributed by atoms with Gasteiger partial charge < -0.3 is 30.0 Å². The van der Waals surface area contributed by atoms with Gasteiger partial charge in [-0.2, -0.15) is 0 Å². The van der Waals surface area contributed by atoms with Crippen molar-refractivity contribution in [1.29, 1.82) is 0 Å². The van der Waals surface area contributed by atoms with Crippen molar-refractivity contribution >= 4 is 17.0 Å². The zero-order valence-corrected chi connectivity index (χ0v) is 15.4. The van der Waals surface area contributed by atoms with Crippen molar-refractivity contribution in [2.24, 2.45) is 0 Å². The molecule has 28 heavy (non-hydrogen) atoms. The molecule has 1 aliphatic heterocycles. The van der Waals surface area contributed by atoms with Gasteiger partial charge in [-0.05, 0) is 6.42 Å². The molecule has 150 valence electrons. The third-order valence-electron chi connectivity index (χ3n) is 4.86. The molecule has 1 fully saturated rings. The summed E-state index contributed by atoms with van der Waals surface area (Å²) in [6, 6.07) is 0. The van der Waals surface area contributed by atoms with Crippen LogP contribution in [0, 0.1) is 0 Å². The number of imidazole rings is 2. The minimum atomic E-state index is -1.03. The van der Waals surface area contributed by atoms with Gasteiger partial charge >= 0.3 is 0 Å². The van der Waals surface area contributed by atoms with Crippen LogP contribution in [0.2, 0.25) is 0 Å². The van der Waals surface area contributed by atoms with Gasteiger partial charge in [0.05, 0.1) is 19.3 Å².